The number of aromatic amines is 1. The van der Waals surface area contributed by atoms with E-state index in [1.54, 1.807) is 6.07 Å². The summed E-state index contributed by atoms with van der Waals surface area (Å²) in [5, 5.41) is 3.71. The first-order valence-electron chi connectivity index (χ1n) is 7.62. The van der Waals surface area contributed by atoms with E-state index in [1.807, 2.05) is 50.2 Å². The van der Waals surface area contributed by atoms with Crippen molar-refractivity contribution in [3.8, 4) is 0 Å². The van der Waals surface area contributed by atoms with Crippen molar-refractivity contribution in [1.29, 1.82) is 0 Å². The number of hydrogen-bond acceptors (Lipinski definition) is 2. The number of aryl methyl sites for hydroxylation is 2. The molecule has 116 valence electrons. The van der Waals surface area contributed by atoms with E-state index >= 15 is 0 Å². The number of aromatic nitrogens is 1. The summed E-state index contributed by atoms with van der Waals surface area (Å²) in [6.07, 6.45) is 0.827. The van der Waals surface area contributed by atoms with Crippen LogP contribution >= 0.6 is 0 Å². The van der Waals surface area contributed by atoms with Gasteiger partial charge in [-0.15, -0.1) is 0 Å². The molecule has 0 aliphatic carbocycles. The third-order valence-corrected chi connectivity index (χ3v) is 3.97. The monoisotopic (exact) mass is 306 g/mol. The lowest BCUT2D eigenvalue weighted by Crippen LogP contribution is -2.18. The number of hydrogen-bond donors (Lipinski definition) is 2. The molecule has 0 spiro atoms. The zero-order valence-electron chi connectivity index (χ0n) is 13.1. The van der Waals surface area contributed by atoms with Crippen LogP contribution < -0.4 is 10.9 Å². The Morgan fingerprint density at radius 1 is 1.13 bits per heavy atom. The molecule has 2 aromatic carbocycles. The lowest BCUT2D eigenvalue weighted by molar-refractivity contribution is 0.102. The van der Waals surface area contributed by atoms with Gasteiger partial charge in [-0.3, -0.25) is 9.59 Å². The maximum Gasteiger partial charge on any atom is 0.256 e. The molecule has 0 unspecified atom stereocenters. The highest BCUT2D eigenvalue weighted by atomic mass is 16.2. The van der Waals surface area contributed by atoms with E-state index < -0.39 is 0 Å². The topological polar surface area (TPSA) is 62.0 Å². The molecular weight excluding hydrogens is 288 g/mol. The number of amides is 1. The fourth-order valence-electron chi connectivity index (χ4n) is 2.78. The van der Waals surface area contributed by atoms with Crippen LogP contribution in [0, 0.1) is 6.92 Å². The highest BCUT2D eigenvalue weighted by Gasteiger charge is 2.14. The number of fused-ring (bicyclic) bond motifs is 1. The van der Waals surface area contributed by atoms with Crippen molar-refractivity contribution in [3.63, 3.8) is 0 Å². The lowest BCUT2D eigenvalue weighted by Gasteiger charge is -2.13. The van der Waals surface area contributed by atoms with Crippen molar-refractivity contribution >= 4 is 22.5 Å². The van der Waals surface area contributed by atoms with Crippen molar-refractivity contribution in [2.75, 3.05) is 5.32 Å². The number of benzene rings is 2. The van der Waals surface area contributed by atoms with E-state index in [2.05, 4.69) is 10.3 Å². The highest BCUT2D eigenvalue weighted by Crippen LogP contribution is 2.23. The van der Waals surface area contributed by atoms with Crippen LogP contribution in [0.3, 0.4) is 0 Å². The van der Waals surface area contributed by atoms with Gasteiger partial charge < -0.3 is 10.3 Å². The molecule has 4 nitrogen and oxygen atoms in total. The Morgan fingerprint density at radius 2 is 1.91 bits per heavy atom. The summed E-state index contributed by atoms with van der Waals surface area (Å²) >= 11 is 0. The molecule has 0 atom stereocenters. The third-order valence-electron chi connectivity index (χ3n) is 3.97. The van der Waals surface area contributed by atoms with Crippen LogP contribution in [-0.4, -0.2) is 10.9 Å². The molecule has 0 aliphatic rings. The molecule has 4 heteroatoms. The standard InChI is InChI=1S/C19H18N2O2/c1-3-13-8-6-7-12(2)18(13)21-19(23)15-11-17(22)20-16-10-5-4-9-14(15)16/h4-11H,3H2,1-2H3,(H,20,22)(H,21,23). The molecule has 0 saturated heterocycles. The summed E-state index contributed by atoms with van der Waals surface area (Å²) in [5.74, 6) is -0.267. The molecule has 1 aromatic heterocycles. The number of para-hydroxylation sites is 2. The summed E-state index contributed by atoms with van der Waals surface area (Å²) in [6.45, 7) is 4.01. The van der Waals surface area contributed by atoms with E-state index in [4.69, 9.17) is 0 Å². The molecule has 0 aliphatic heterocycles. The number of nitrogens with one attached hydrogen (secondary N) is 2. The number of rotatable bonds is 3. The van der Waals surface area contributed by atoms with Crippen LogP contribution in [0.25, 0.3) is 10.9 Å². The normalized spacial score (nSPS) is 10.7. The smallest absolute Gasteiger partial charge is 0.256 e. The molecule has 1 heterocycles. The minimum Gasteiger partial charge on any atom is -0.322 e. The van der Waals surface area contributed by atoms with E-state index in [0.29, 0.717) is 11.1 Å². The molecule has 23 heavy (non-hydrogen) atoms. The van der Waals surface area contributed by atoms with Gasteiger partial charge in [0, 0.05) is 22.7 Å². The molecule has 3 rings (SSSR count). The minimum absolute atomic E-state index is 0.267. The van der Waals surface area contributed by atoms with E-state index in [1.165, 1.54) is 6.07 Å². The summed E-state index contributed by atoms with van der Waals surface area (Å²) in [4.78, 5) is 27.3. The summed E-state index contributed by atoms with van der Waals surface area (Å²) < 4.78 is 0. The van der Waals surface area contributed by atoms with Gasteiger partial charge >= 0.3 is 0 Å². The highest BCUT2D eigenvalue weighted by molar-refractivity contribution is 6.12. The Labute approximate surface area is 134 Å². The average molecular weight is 306 g/mol. The fourth-order valence-corrected chi connectivity index (χ4v) is 2.78. The quantitative estimate of drug-likeness (QED) is 0.776. The predicted octanol–water partition coefficient (Wildman–Crippen LogP) is 3.65. The first-order chi connectivity index (χ1) is 11.1. The van der Waals surface area contributed by atoms with Gasteiger partial charge in [0.1, 0.15) is 0 Å². The third kappa shape index (κ3) is 2.88. The molecule has 0 fully saturated rings. The average Bonchev–Trinajstić information content (AvgIpc) is 2.55. The molecular formula is C19H18N2O2. The predicted molar refractivity (Wildman–Crippen MR) is 93.1 cm³/mol. The lowest BCUT2D eigenvalue weighted by atomic mass is 10.0. The SMILES string of the molecule is CCc1cccc(C)c1NC(=O)c1cc(=O)[nH]c2ccccc12. The Bertz CT molecular complexity index is 941. The van der Waals surface area contributed by atoms with Crippen molar-refractivity contribution in [2.45, 2.75) is 20.3 Å². The molecule has 0 bridgehead atoms. The van der Waals surface area contributed by atoms with Crippen molar-refractivity contribution in [3.05, 3.63) is 75.6 Å². The summed E-state index contributed by atoms with van der Waals surface area (Å²) in [7, 11) is 0. The van der Waals surface area contributed by atoms with E-state index in [9.17, 15) is 9.59 Å². The number of carbonyl (C=O) groups is 1. The molecule has 1 amide bonds. The second-order valence-corrected chi connectivity index (χ2v) is 5.51. The maximum absolute atomic E-state index is 12.7. The van der Waals surface area contributed by atoms with Crippen molar-refractivity contribution in [2.24, 2.45) is 0 Å². The van der Waals surface area contributed by atoms with Crippen molar-refractivity contribution < 1.29 is 4.79 Å². The van der Waals surface area contributed by atoms with Crippen LogP contribution in [0.2, 0.25) is 0 Å². The van der Waals surface area contributed by atoms with E-state index in [-0.39, 0.29) is 11.5 Å². The van der Waals surface area contributed by atoms with Crippen LogP contribution in [0.5, 0.6) is 0 Å². The zero-order chi connectivity index (χ0) is 16.4. The number of anilines is 1. The first-order valence-corrected chi connectivity index (χ1v) is 7.62. The Morgan fingerprint density at radius 3 is 2.70 bits per heavy atom. The molecule has 0 saturated carbocycles. The van der Waals surface area contributed by atoms with Crippen LogP contribution in [0.4, 0.5) is 5.69 Å². The molecule has 0 radical (unpaired) electrons. The van der Waals surface area contributed by atoms with Gasteiger partial charge in [0.05, 0.1) is 5.56 Å². The zero-order valence-corrected chi connectivity index (χ0v) is 13.1. The van der Waals surface area contributed by atoms with Crippen LogP contribution in [-0.2, 0) is 6.42 Å². The maximum atomic E-state index is 12.7. The van der Waals surface area contributed by atoms with E-state index in [0.717, 1.165) is 28.6 Å². The Hall–Kier alpha value is -2.88. The number of pyridine rings is 1. The summed E-state index contributed by atoms with van der Waals surface area (Å²) in [5.41, 5.74) is 3.67. The largest absolute Gasteiger partial charge is 0.322 e. The minimum atomic E-state index is -0.283. The molecule has 2 N–H and O–H groups in total. The van der Waals surface area contributed by atoms with Crippen LogP contribution in [0.15, 0.2) is 53.3 Å². The van der Waals surface area contributed by atoms with Gasteiger partial charge in [-0.25, -0.2) is 0 Å². The van der Waals surface area contributed by atoms with Gasteiger partial charge in [-0.1, -0.05) is 43.3 Å². The van der Waals surface area contributed by atoms with Crippen LogP contribution in [0.1, 0.15) is 28.4 Å². The van der Waals surface area contributed by atoms with Gasteiger partial charge in [-0.05, 0) is 30.5 Å². The van der Waals surface area contributed by atoms with Gasteiger partial charge in [0.15, 0.2) is 0 Å². The van der Waals surface area contributed by atoms with Gasteiger partial charge in [0.25, 0.3) is 5.91 Å². The number of carbonyl (C=O) groups excluding carboxylic acids is 1. The summed E-state index contributed by atoms with van der Waals surface area (Å²) in [6, 6.07) is 14.6. The van der Waals surface area contributed by atoms with Gasteiger partial charge in [-0.2, -0.15) is 0 Å². The second-order valence-electron chi connectivity index (χ2n) is 5.51. The fraction of sp³-hybridized carbons (Fsp3) is 0.158. The Kier molecular flexibility index (Phi) is 3.98. The van der Waals surface area contributed by atoms with Gasteiger partial charge in [0.2, 0.25) is 5.56 Å². The second kappa shape index (κ2) is 6.08. The number of H-pyrrole nitrogens is 1. The Balaban J connectivity index is 2.07. The first kappa shape index (κ1) is 15.0. The molecule has 3 aromatic rings. The van der Waals surface area contributed by atoms with Crippen molar-refractivity contribution in [1.82, 2.24) is 4.98 Å².